The number of nitrogens with two attached hydrogens (primary N) is 1. The topological polar surface area (TPSA) is 78.0 Å². The van der Waals surface area contributed by atoms with E-state index < -0.39 is 26.9 Å². The average Bonchev–Trinajstić information content (AvgIpc) is 2.92. The van der Waals surface area contributed by atoms with E-state index >= 15 is 0 Å². The van der Waals surface area contributed by atoms with Crippen LogP contribution >= 0.6 is 11.6 Å². The van der Waals surface area contributed by atoms with E-state index in [-0.39, 0.29) is 16.3 Å². The molecule has 0 radical (unpaired) electrons. The van der Waals surface area contributed by atoms with Gasteiger partial charge in [-0.15, -0.1) is 0 Å². The monoisotopic (exact) mass is 415 g/mol. The van der Waals surface area contributed by atoms with Gasteiger partial charge in [0.2, 0.25) is 10.0 Å². The van der Waals surface area contributed by atoms with Crippen LogP contribution in [0.3, 0.4) is 0 Å². The number of aryl methyl sites for hydroxylation is 1. The van der Waals surface area contributed by atoms with Gasteiger partial charge in [-0.05, 0) is 31.2 Å². The van der Waals surface area contributed by atoms with Gasteiger partial charge in [0.1, 0.15) is 0 Å². The zero-order valence-corrected chi connectivity index (χ0v) is 15.4. The van der Waals surface area contributed by atoms with Gasteiger partial charge in [-0.1, -0.05) is 41.4 Å². The number of hydrogen-bond acceptors (Lipinski definition) is 3. The molecular formula is C17H13ClF3N3O2S. The molecule has 0 aliphatic heterocycles. The summed E-state index contributed by atoms with van der Waals surface area (Å²) in [5, 5.41) is 8.13. The summed E-state index contributed by atoms with van der Waals surface area (Å²) in [6.45, 7) is 1.84. The molecule has 142 valence electrons. The minimum absolute atomic E-state index is 0.0485. The molecule has 0 spiro atoms. The molecule has 0 bridgehead atoms. The molecule has 1 heterocycles. The first kappa shape index (κ1) is 19.4. The van der Waals surface area contributed by atoms with Crippen molar-refractivity contribution in [2.24, 2.45) is 5.14 Å². The first-order chi connectivity index (χ1) is 12.5. The Morgan fingerprint density at radius 2 is 1.59 bits per heavy atom. The maximum absolute atomic E-state index is 13.3. The number of aromatic nitrogens is 2. The second kappa shape index (κ2) is 6.66. The fourth-order valence-corrected chi connectivity index (χ4v) is 3.35. The van der Waals surface area contributed by atoms with Crippen molar-refractivity contribution < 1.29 is 21.6 Å². The van der Waals surface area contributed by atoms with E-state index in [4.69, 9.17) is 16.7 Å². The summed E-state index contributed by atoms with van der Waals surface area (Å²) in [5.74, 6) is 0. The molecule has 0 atom stereocenters. The predicted molar refractivity (Wildman–Crippen MR) is 95.1 cm³/mol. The highest BCUT2D eigenvalue weighted by Crippen LogP contribution is 2.40. The Kier molecular flexibility index (Phi) is 4.79. The third kappa shape index (κ3) is 3.85. The Hall–Kier alpha value is -2.36. The van der Waals surface area contributed by atoms with Crippen molar-refractivity contribution in [1.82, 2.24) is 9.78 Å². The highest BCUT2D eigenvalue weighted by atomic mass is 35.5. The lowest BCUT2D eigenvalue weighted by atomic mass is 10.1. The number of primary sulfonamides is 1. The first-order valence-electron chi connectivity index (χ1n) is 7.54. The van der Waals surface area contributed by atoms with Gasteiger partial charge in [-0.25, -0.2) is 18.2 Å². The molecular weight excluding hydrogens is 403 g/mol. The van der Waals surface area contributed by atoms with Crippen LogP contribution in [0.2, 0.25) is 5.02 Å². The Labute approximate surface area is 158 Å². The number of hydrogen-bond donors (Lipinski definition) is 1. The third-order valence-corrected chi connectivity index (χ3v) is 5.12. The van der Waals surface area contributed by atoms with Crippen LogP contribution in [0, 0.1) is 6.92 Å². The van der Waals surface area contributed by atoms with E-state index in [9.17, 15) is 21.6 Å². The zero-order chi connectivity index (χ0) is 20.0. The second-order valence-electron chi connectivity index (χ2n) is 5.83. The smallest absolute Gasteiger partial charge is 0.231 e. The maximum atomic E-state index is 13.3. The van der Waals surface area contributed by atoms with Crippen LogP contribution in [-0.2, 0) is 16.2 Å². The van der Waals surface area contributed by atoms with E-state index in [2.05, 4.69) is 5.10 Å². The van der Waals surface area contributed by atoms with E-state index in [1.54, 1.807) is 24.3 Å². The molecule has 0 aliphatic rings. The van der Waals surface area contributed by atoms with Crippen LogP contribution in [-0.4, -0.2) is 18.2 Å². The molecule has 2 N–H and O–H groups in total. The first-order valence-corrected chi connectivity index (χ1v) is 9.47. The Balaban J connectivity index is 2.24. The van der Waals surface area contributed by atoms with Crippen LogP contribution in [0.4, 0.5) is 13.2 Å². The normalized spacial score (nSPS) is 12.4. The van der Waals surface area contributed by atoms with Crippen molar-refractivity contribution in [2.45, 2.75) is 18.0 Å². The van der Waals surface area contributed by atoms with Gasteiger partial charge in [0, 0.05) is 5.56 Å². The molecule has 27 heavy (non-hydrogen) atoms. The quantitative estimate of drug-likeness (QED) is 0.697. The van der Waals surface area contributed by atoms with Gasteiger partial charge in [-0.3, -0.25) is 0 Å². The summed E-state index contributed by atoms with van der Waals surface area (Å²) < 4.78 is 63.7. The van der Waals surface area contributed by atoms with E-state index in [0.29, 0.717) is 5.56 Å². The van der Waals surface area contributed by atoms with Gasteiger partial charge >= 0.3 is 6.18 Å². The molecule has 0 unspecified atom stereocenters. The van der Waals surface area contributed by atoms with Crippen molar-refractivity contribution in [1.29, 1.82) is 0 Å². The van der Waals surface area contributed by atoms with Crippen molar-refractivity contribution in [3.8, 4) is 16.9 Å². The zero-order valence-electron chi connectivity index (χ0n) is 13.8. The third-order valence-electron chi connectivity index (χ3n) is 3.83. The average molecular weight is 416 g/mol. The molecule has 3 aromatic rings. The second-order valence-corrected chi connectivity index (χ2v) is 7.77. The van der Waals surface area contributed by atoms with Crippen molar-refractivity contribution >= 4 is 21.6 Å². The maximum Gasteiger partial charge on any atom is 0.436 e. The number of halogens is 4. The number of benzene rings is 2. The van der Waals surface area contributed by atoms with Gasteiger partial charge in [0.15, 0.2) is 5.69 Å². The van der Waals surface area contributed by atoms with Crippen LogP contribution in [0.25, 0.3) is 16.9 Å². The van der Waals surface area contributed by atoms with E-state index in [1.807, 2.05) is 6.92 Å². The van der Waals surface area contributed by atoms with E-state index in [0.717, 1.165) is 10.2 Å². The molecule has 1 aromatic heterocycles. The summed E-state index contributed by atoms with van der Waals surface area (Å²) in [5.41, 5.74) is 0.386. The van der Waals surface area contributed by atoms with Crippen molar-refractivity contribution in [2.75, 3.05) is 0 Å². The Morgan fingerprint density at radius 3 is 2.07 bits per heavy atom. The summed E-state index contributed by atoms with van der Waals surface area (Å²) in [4.78, 5) is -0.169. The van der Waals surface area contributed by atoms with Gasteiger partial charge in [-0.2, -0.15) is 18.3 Å². The molecule has 0 aliphatic carbocycles. The van der Waals surface area contributed by atoms with Crippen LogP contribution in [0.5, 0.6) is 0 Å². The van der Waals surface area contributed by atoms with Gasteiger partial charge in [0.05, 0.1) is 21.3 Å². The lowest BCUT2D eigenvalue weighted by Gasteiger charge is -2.09. The molecule has 2 aromatic carbocycles. The fourth-order valence-electron chi connectivity index (χ4n) is 2.50. The number of rotatable bonds is 3. The highest BCUT2D eigenvalue weighted by Gasteiger charge is 2.39. The molecule has 3 rings (SSSR count). The van der Waals surface area contributed by atoms with Crippen LogP contribution in [0.15, 0.2) is 53.4 Å². The number of nitrogens with zero attached hydrogens (tertiary/aromatic N) is 2. The molecule has 10 heteroatoms. The van der Waals surface area contributed by atoms with Crippen LogP contribution < -0.4 is 5.14 Å². The molecule has 0 saturated heterocycles. The molecule has 0 fully saturated rings. The Morgan fingerprint density at radius 1 is 1.04 bits per heavy atom. The van der Waals surface area contributed by atoms with E-state index in [1.165, 1.54) is 24.3 Å². The largest absolute Gasteiger partial charge is 0.436 e. The summed E-state index contributed by atoms with van der Waals surface area (Å²) in [6, 6.07) is 11.7. The predicted octanol–water partition coefficient (Wildman–Crippen LogP) is 4.17. The number of alkyl halides is 3. The molecule has 5 nitrogen and oxygen atoms in total. The molecule has 0 amide bonds. The minimum Gasteiger partial charge on any atom is -0.231 e. The fraction of sp³-hybridized carbons (Fsp3) is 0.118. The Bertz CT molecular complexity index is 1090. The van der Waals surface area contributed by atoms with Crippen molar-refractivity contribution in [3.05, 3.63) is 64.8 Å². The minimum atomic E-state index is -4.75. The summed E-state index contributed by atoms with van der Waals surface area (Å²) in [6.07, 6.45) is -4.75. The molecule has 0 saturated carbocycles. The highest BCUT2D eigenvalue weighted by molar-refractivity contribution is 7.89. The van der Waals surface area contributed by atoms with Crippen molar-refractivity contribution in [3.63, 3.8) is 0 Å². The van der Waals surface area contributed by atoms with Gasteiger partial charge in [0.25, 0.3) is 0 Å². The van der Waals surface area contributed by atoms with Gasteiger partial charge < -0.3 is 0 Å². The standard InChI is InChI=1S/C17H13ClF3N3O2S/c1-10-2-4-11(5-3-10)15-14(18)16(17(19,20)21)23-24(15)12-6-8-13(9-7-12)27(22,25)26/h2-9H,1H3,(H2,22,25,26). The number of sulfonamides is 1. The van der Waals surface area contributed by atoms with Crippen LogP contribution in [0.1, 0.15) is 11.3 Å². The summed E-state index contributed by atoms with van der Waals surface area (Å²) in [7, 11) is -3.93. The lowest BCUT2D eigenvalue weighted by molar-refractivity contribution is -0.141. The lowest BCUT2D eigenvalue weighted by Crippen LogP contribution is -2.12. The summed E-state index contributed by atoms with van der Waals surface area (Å²) >= 11 is 6.02. The SMILES string of the molecule is Cc1ccc(-c2c(Cl)c(C(F)(F)F)nn2-c2ccc(S(N)(=O)=O)cc2)cc1.